The van der Waals surface area contributed by atoms with Gasteiger partial charge in [-0.05, 0) is 47.8 Å². The molecule has 0 spiro atoms. The van der Waals surface area contributed by atoms with E-state index >= 15 is 0 Å². The number of amides is 1. The highest BCUT2D eigenvalue weighted by Crippen LogP contribution is 2.30. The molecule has 1 unspecified atom stereocenters. The summed E-state index contributed by atoms with van der Waals surface area (Å²) in [5.41, 5.74) is 1.59. The van der Waals surface area contributed by atoms with Gasteiger partial charge in [0, 0.05) is 20.1 Å². The van der Waals surface area contributed by atoms with E-state index in [1.165, 1.54) is 0 Å². The van der Waals surface area contributed by atoms with Crippen molar-refractivity contribution in [2.24, 2.45) is 0 Å². The number of hydrogen-bond donors (Lipinski definition) is 1. The van der Waals surface area contributed by atoms with Gasteiger partial charge in [-0.3, -0.25) is 5.32 Å². The number of thiophene rings is 1. The Morgan fingerprint density at radius 1 is 1.06 bits per heavy atom. The standard InChI is InChI=1S/C23H20N4O3S.H2/c28-23(26-16-6-8-18(9-7-16)29-17-4-2-1-3-5-17)30-19-10-12-27(14-19)22-21-20(11-13-31-21)24-15-25-22;/h1-9,11,13,15,19H,10,12,14H2,(H,26,28);1H. The fourth-order valence-electron chi connectivity index (χ4n) is 3.55. The van der Waals surface area contributed by atoms with Gasteiger partial charge in [0.2, 0.25) is 0 Å². The van der Waals surface area contributed by atoms with Gasteiger partial charge in [0.05, 0.1) is 16.8 Å². The number of benzene rings is 2. The molecule has 31 heavy (non-hydrogen) atoms. The number of carbonyl (C=O) groups is 1. The molecule has 1 N–H and O–H groups in total. The second kappa shape index (κ2) is 8.61. The van der Waals surface area contributed by atoms with Crippen LogP contribution in [0.25, 0.3) is 10.2 Å². The predicted octanol–water partition coefficient (Wildman–Crippen LogP) is 5.56. The molecule has 3 heterocycles. The van der Waals surface area contributed by atoms with Crippen molar-refractivity contribution in [1.29, 1.82) is 0 Å². The van der Waals surface area contributed by atoms with Crippen molar-refractivity contribution in [1.82, 2.24) is 9.97 Å². The molecule has 5 rings (SSSR count). The summed E-state index contributed by atoms with van der Waals surface area (Å²) in [4.78, 5) is 23.2. The van der Waals surface area contributed by atoms with Crippen molar-refractivity contribution in [3.8, 4) is 11.5 Å². The maximum atomic E-state index is 12.4. The molecule has 1 aliphatic heterocycles. The Balaban J connectivity index is 0.00000245. The number of ether oxygens (including phenoxy) is 2. The van der Waals surface area contributed by atoms with Crippen molar-refractivity contribution in [2.45, 2.75) is 12.5 Å². The highest BCUT2D eigenvalue weighted by Gasteiger charge is 2.28. The lowest BCUT2D eigenvalue weighted by atomic mass is 10.3. The average molecular weight is 435 g/mol. The molecule has 0 saturated carbocycles. The topological polar surface area (TPSA) is 76.6 Å². The molecule has 1 amide bonds. The predicted molar refractivity (Wildman–Crippen MR) is 123 cm³/mol. The first kappa shape index (κ1) is 19.3. The van der Waals surface area contributed by atoms with Gasteiger partial charge in [0.25, 0.3) is 0 Å². The minimum atomic E-state index is -0.465. The number of hydrogen-bond acceptors (Lipinski definition) is 7. The minimum absolute atomic E-state index is 0. The molecule has 158 valence electrons. The quantitative estimate of drug-likeness (QED) is 0.443. The van der Waals surface area contributed by atoms with Crippen LogP contribution in [0.15, 0.2) is 72.4 Å². The lowest BCUT2D eigenvalue weighted by molar-refractivity contribution is 0.122. The zero-order valence-electron chi connectivity index (χ0n) is 16.6. The number of fused-ring (bicyclic) bond motifs is 1. The molecule has 4 aromatic rings. The van der Waals surface area contributed by atoms with Gasteiger partial charge in [0.1, 0.15) is 29.7 Å². The third kappa shape index (κ3) is 4.44. The number of nitrogens with one attached hydrogen (secondary N) is 1. The van der Waals surface area contributed by atoms with Crippen LogP contribution in [0.2, 0.25) is 0 Å². The van der Waals surface area contributed by atoms with E-state index < -0.39 is 6.09 Å². The molecule has 1 aliphatic rings. The first-order chi connectivity index (χ1) is 15.2. The molecule has 8 heteroatoms. The van der Waals surface area contributed by atoms with Gasteiger partial charge in [-0.25, -0.2) is 14.8 Å². The Morgan fingerprint density at radius 2 is 1.87 bits per heavy atom. The average Bonchev–Trinajstić information content (AvgIpc) is 3.45. The van der Waals surface area contributed by atoms with Gasteiger partial charge in [0.15, 0.2) is 0 Å². The summed E-state index contributed by atoms with van der Waals surface area (Å²) in [6.45, 7) is 1.40. The fourth-order valence-corrected chi connectivity index (χ4v) is 4.41. The molecule has 0 radical (unpaired) electrons. The number of anilines is 2. The van der Waals surface area contributed by atoms with Gasteiger partial charge < -0.3 is 14.4 Å². The summed E-state index contributed by atoms with van der Waals surface area (Å²) >= 11 is 1.62. The summed E-state index contributed by atoms with van der Waals surface area (Å²) in [5, 5.41) is 4.79. The minimum Gasteiger partial charge on any atom is -0.457 e. The van der Waals surface area contributed by atoms with Crippen molar-refractivity contribution < 1.29 is 15.7 Å². The Hall–Kier alpha value is -3.65. The van der Waals surface area contributed by atoms with Crippen molar-refractivity contribution in [2.75, 3.05) is 23.3 Å². The van der Waals surface area contributed by atoms with E-state index in [0.717, 1.165) is 34.7 Å². The lowest BCUT2D eigenvalue weighted by Gasteiger charge is -2.18. The SMILES string of the molecule is O=C(Nc1ccc(Oc2ccccc2)cc1)OC1CCN(c2ncnc3ccsc23)C1.[HH]. The molecular formula is C23H22N4O3S. The van der Waals surface area contributed by atoms with Crippen LogP contribution in [-0.2, 0) is 4.74 Å². The molecule has 2 aromatic heterocycles. The van der Waals surface area contributed by atoms with Crippen LogP contribution in [-0.4, -0.2) is 35.3 Å². The zero-order valence-corrected chi connectivity index (χ0v) is 17.4. The molecular weight excluding hydrogens is 412 g/mol. The number of aromatic nitrogens is 2. The molecule has 1 fully saturated rings. The third-order valence-corrected chi connectivity index (χ3v) is 5.92. The summed E-state index contributed by atoms with van der Waals surface area (Å²) in [6.07, 6.45) is 1.68. The highest BCUT2D eigenvalue weighted by atomic mass is 32.1. The van der Waals surface area contributed by atoms with E-state index in [2.05, 4.69) is 20.2 Å². The molecule has 0 aliphatic carbocycles. The van der Waals surface area contributed by atoms with Crippen LogP contribution in [0.3, 0.4) is 0 Å². The maximum Gasteiger partial charge on any atom is 0.411 e. The highest BCUT2D eigenvalue weighted by molar-refractivity contribution is 7.17. The normalized spacial score (nSPS) is 15.7. The monoisotopic (exact) mass is 434 g/mol. The Kier molecular flexibility index (Phi) is 5.37. The summed E-state index contributed by atoms with van der Waals surface area (Å²) in [5.74, 6) is 2.36. The second-order valence-corrected chi connectivity index (χ2v) is 8.07. The first-order valence-corrected chi connectivity index (χ1v) is 10.9. The molecule has 1 atom stereocenters. The van der Waals surface area contributed by atoms with Crippen LogP contribution in [0.1, 0.15) is 7.85 Å². The van der Waals surface area contributed by atoms with Gasteiger partial charge in [-0.15, -0.1) is 11.3 Å². The van der Waals surface area contributed by atoms with E-state index in [0.29, 0.717) is 18.0 Å². The number of carbonyl (C=O) groups excluding carboxylic acids is 1. The van der Waals surface area contributed by atoms with Gasteiger partial charge in [-0.1, -0.05) is 18.2 Å². The maximum absolute atomic E-state index is 12.4. The van der Waals surface area contributed by atoms with Crippen LogP contribution in [0.4, 0.5) is 16.3 Å². The van der Waals surface area contributed by atoms with Crippen LogP contribution in [0.5, 0.6) is 11.5 Å². The largest absolute Gasteiger partial charge is 0.457 e. The second-order valence-electron chi connectivity index (χ2n) is 7.16. The molecule has 1 saturated heterocycles. The molecule has 0 bridgehead atoms. The number of nitrogens with zero attached hydrogens (tertiary/aromatic N) is 3. The Labute approximate surface area is 184 Å². The van der Waals surface area contributed by atoms with Crippen molar-refractivity contribution >= 4 is 39.2 Å². The van der Waals surface area contributed by atoms with Gasteiger partial charge in [-0.2, -0.15) is 0 Å². The van der Waals surface area contributed by atoms with E-state index in [1.807, 2.05) is 41.8 Å². The number of para-hydroxylation sites is 1. The van der Waals surface area contributed by atoms with E-state index in [9.17, 15) is 4.79 Å². The van der Waals surface area contributed by atoms with Crippen LogP contribution < -0.4 is 15.0 Å². The third-order valence-electron chi connectivity index (χ3n) is 5.02. The summed E-state index contributed by atoms with van der Waals surface area (Å²) < 4.78 is 12.4. The fraction of sp³-hybridized carbons (Fsp3) is 0.174. The molecule has 7 nitrogen and oxygen atoms in total. The van der Waals surface area contributed by atoms with Crippen molar-refractivity contribution in [3.63, 3.8) is 0 Å². The smallest absolute Gasteiger partial charge is 0.411 e. The van der Waals surface area contributed by atoms with E-state index in [-0.39, 0.29) is 7.53 Å². The Morgan fingerprint density at radius 3 is 2.71 bits per heavy atom. The lowest BCUT2D eigenvalue weighted by Crippen LogP contribution is -2.27. The van der Waals surface area contributed by atoms with Crippen LogP contribution in [0, 0.1) is 0 Å². The summed E-state index contributed by atoms with van der Waals surface area (Å²) in [6, 6.07) is 18.7. The molecule has 2 aromatic carbocycles. The van der Waals surface area contributed by atoms with E-state index in [1.54, 1.807) is 41.9 Å². The Bertz CT molecular complexity index is 1190. The van der Waals surface area contributed by atoms with Gasteiger partial charge >= 0.3 is 6.09 Å². The van der Waals surface area contributed by atoms with E-state index in [4.69, 9.17) is 9.47 Å². The van der Waals surface area contributed by atoms with Crippen molar-refractivity contribution in [3.05, 3.63) is 72.4 Å². The zero-order chi connectivity index (χ0) is 21.0. The number of rotatable bonds is 5. The van der Waals surface area contributed by atoms with Crippen LogP contribution >= 0.6 is 11.3 Å². The first-order valence-electron chi connectivity index (χ1n) is 9.98. The summed E-state index contributed by atoms with van der Waals surface area (Å²) in [7, 11) is 0.